The number of hydrogen-bond acceptors (Lipinski definition) is 5. The average molecular weight is 378 g/mol. The van der Waals surface area contributed by atoms with Gasteiger partial charge in [0.25, 0.3) is 0 Å². The number of alkyl halides is 3. The zero-order valence-electron chi connectivity index (χ0n) is 13.1. The maximum absolute atomic E-state index is 12.7. The molecule has 1 heterocycles. The summed E-state index contributed by atoms with van der Waals surface area (Å²) in [6.07, 6.45) is -3.79. The second kappa shape index (κ2) is 7.29. The van der Waals surface area contributed by atoms with E-state index in [1.54, 1.807) is 0 Å². The number of nitrogens with zero attached hydrogens (tertiary/aromatic N) is 1. The number of ether oxygens (including phenoxy) is 1. The van der Waals surface area contributed by atoms with Crippen LogP contribution < -0.4 is 4.72 Å². The molecule has 0 bridgehead atoms. The first kappa shape index (κ1) is 19.7. The van der Waals surface area contributed by atoms with Crippen molar-refractivity contribution in [3.8, 4) is 6.07 Å². The fraction of sp³-hybridized carbons (Fsp3) is 0.533. The van der Waals surface area contributed by atoms with Gasteiger partial charge in [-0.25, -0.2) is 13.1 Å². The molecule has 1 aliphatic heterocycles. The van der Waals surface area contributed by atoms with Crippen LogP contribution in [-0.2, 0) is 20.9 Å². The van der Waals surface area contributed by atoms with Crippen molar-refractivity contribution in [2.45, 2.75) is 35.9 Å². The van der Waals surface area contributed by atoms with Crippen LogP contribution in [0, 0.1) is 11.3 Å². The van der Waals surface area contributed by atoms with Crippen molar-refractivity contribution in [2.24, 2.45) is 0 Å². The second-order valence-electron chi connectivity index (χ2n) is 5.80. The minimum atomic E-state index is -4.67. The maximum atomic E-state index is 12.7. The number of nitriles is 1. The lowest BCUT2D eigenvalue weighted by atomic mass is 9.91. The first-order chi connectivity index (χ1) is 11.6. The van der Waals surface area contributed by atoms with Gasteiger partial charge in [0.05, 0.1) is 21.6 Å². The van der Waals surface area contributed by atoms with Crippen LogP contribution in [0.25, 0.3) is 0 Å². The van der Waals surface area contributed by atoms with Gasteiger partial charge in [-0.3, -0.25) is 0 Å². The van der Waals surface area contributed by atoms with E-state index < -0.39 is 37.8 Å². The SMILES string of the molecule is N#Cc1cc(C(F)(F)F)ccc1S(=O)(=O)NCCC1(O)CCOCC1. The number of hydrogen-bond donors (Lipinski definition) is 2. The number of nitrogens with one attached hydrogen (secondary N) is 1. The normalized spacial score (nSPS) is 17.9. The highest BCUT2D eigenvalue weighted by Crippen LogP contribution is 2.31. The van der Waals surface area contributed by atoms with Gasteiger partial charge < -0.3 is 9.84 Å². The van der Waals surface area contributed by atoms with Gasteiger partial charge in [-0.2, -0.15) is 18.4 Å². The third-order valence-corrected chi connectivity index (χ3v) is 5.54. The molecule has 10 heteroatoms. The van der Waals surface area contributed by atoms with Gasteiger partial charge in [0.1, 0.15) is 6.07 Å². The van der Waals surface area contributed by atoms with Gasteiger partial charge in [-0.05, 0) is 37.5 Å². The Labute approximate surface area is 143 Å². The Balaban J connectivity index is 2.12. The smallest absolute Gasteiger partial charge is 0.390 e. The molecule has 138 valence electrons. The van der Waals surface area contributed by atoms with Crippen molar-refractivity contribution in [1.82, 2.24) is 4.72 Å². The van der Waals surface area contributed by atoms with Crippen molar-refractivity contribution in [3.63, 3.8) is 0 Å². The van der Waals surface area contributed by atoms with E-state index in [-0.39, 0.29) is 13.0 Å². The summed E-state index contributed by atoms with van der Waals surface area (Å²) >= 11 is 0. The predicted molar refractivity (Wildman–Crippen MR) is 81.0 cm³/mol. The Bertz CT molecular complexity index is 766. The van der Waals surface area contributed by atoms with Crippen molar-refractivity contribution >= 4 is 10.0 Å². The van der Waals surface area contributed by atoms with Crippen LogP contribution in [0.5, 0.6) is 0 Å². The number of rotatable bonds is 5. The lowest BCUT2D eigenvalue weighted by Crippen LogP contribution is -2.39. The minimum Gasteiger partial charge on any atom is -0.390 e. The van der Waals surface area contributed by atoms with Crippen LogP contribution in [0.2, 0.25) is 0 Å². The van der Waals surface area contributed by atoms with E-state index >= 15 is 0 Å². The van der Waals surface area contributed by atoms with E-state index in [4.69, 9.17) is 10.00 Å². The summed E-state index contributed by atoms with van der Waals surface area (Å²) in [5.41, 5.74) is -2.73. The Kier molecular flexibility index (Phi) is 5.73. The van der Waals surface area contributed by atoms with Crippen LogP contribution in [0.4, 0.5) is 13.2 Å². The number of aliphatic hydroxyl groups is 1. The van der Waals surface area contributed by atoms with Crippen molar-refractivity contribution < 1.29 is 31.4 Å². The molecule has 0 radical (unpaired) electrons. The summed E-state index contributed by atoms with van der Waals surface area (Å²) in [6, 6.07) is 3.35. The second-order valence-corrected chi connectivity index (χ2v) is 7.54. The molecule has 6 nitrogen and oxygen atoms in total. The number of benzene rings is 1. The van der Waals surface area contributed by atoms with Crippen LogP contribution in [0.15, 0.2) is 23.1 Å². The third-order valence-electron chi connectivity index (χ3n) is 4.02. The highest BCUT2D eigenvalue weighted by atomic mass is 32.2. The van der Waals surface area contributed by atoms with Gasteiger partial charge in [0.2, 0.25) is 10.0 Å². The number of halogens is 3. The molecular weight excluding hydrogens is 361 g/mol. The highest BCUT2D eigenvalue weighted by Gasteiger charge is 2.33. The Morgan fingerprint density at radius 1 is 1.32 bits per heavy atom. The lowest BCUT2D eigenvalue weighted by molar-refractivity contribution is -0.137. The van der Waals surface area contributed by atoms with Crippen molar-refractivity contribution in [3.05, 3.63) is 29.3 Å². The minimum absolute atomic E-state index is 0.106. The van der Waals surface area contributed by atoms with Gasteiger partial charge in [-0.1, -0.05) is 0 Å². The lowest BCUT2D eigenvalue weighted by Gasteiger charge is -2.32. The summed E-state index contributed by atoms with van der Waals surface area (Å²) in [5, 5.41) is 19.3. The Hall–Kier alpha value is -1.67. The molecule has 1 aromatic rings. The topological polar surface area (TPSA) is 99.4 Å². The molecule has 0 amide bonds. The molecule has 2 N–H and O–H groups in total. The summed E-state index contributed by atoms with van der Waals surface area (Å²) in [5.74, 6) is 0. The van der Waals surface area contributed by atoms with E-state index in [0.29, 0.717) is 38.2 Å². The van der Waals surface area contributed by atoms with Crippen LogP contribution in [0.3, 0.4) is 0 Å². The summed E-state index contributed by atoms with van der Waals surface area (Å²) < 4.78 is 69.9. The molecule has 0 atom stereocenters. The predicted octanol–water partition coefficient (Wildman–Crippen LogP) is 1.79. The van der Waals surface area contributed by atoms with Crippen LogP contribution >= 0.6 is 0 Å². The number of sulfonamides is 1. The monoisotopic (exact) mass is 378 g/mol. The van der Waals surface area contributed by atoms with E-state index in [9.17, 15) is 26.7 Å². The van der Waals surface area contributed by atoms with Gasteiger partial charge >= 0.3 is 6.18 Å². The molecule has 0 spiro atoms. The zero-order chi connectivity index (χ0) is 18.7. The zero-order valence-corrected chi connectivity index (χ0v) is 14.0. The Morgan fingerprint density at radius 2 is 1.96 bits per heavy atom. The maximum Gasteiger partial charge on any atom is 0.416 e. The van der Waals surface area contributed by atoms with Crippen LogP contribution in [-0.4, -0.2) is 38.9 Å². The molecule has 1 fully saturated rings. The summed E-state index contributed by atoms with van der Waals surface area (Å²) in [4.78, 5) is -0.526. The summed E-state index contributed by atoms with van der Waals surface area (Å²) in [7, 11) is -4.18. The molecule has 0 unspecified atom stereocenters. The third kappa shape index (κ3) is 4.92. The molecule has 0 saturated carbocycles. The molecular formula is C15H17F3N2O4S. The molecule has 1 aliphatic rings. The van der Waals surface area contributed by atoms with Gasteiger partial charge in [0, 0.05) is 19.8 Å². The average Bonchev–Trinajstić information content (AvgIpc) is 2.53. The molecule has 0 aromatic heterocycles. The van der Waals surface area contributed by atoms with Gasteiger partial charge in [-0.15, -0.1) is 0 Å². The van der Waals surface area contributed by atoms with Crippen molar-refractivity contribution in [2.75, 3.05) is 19.8 Å². The molecule has 1 saturated heterocycles. The highest BCUT2D eigenvalue weighted by molar-refractivity contribution is 7.89. The van der Waals surface area contributed by atoms with Crippen molar-refractivity contribution in [1.29, 1.82) is 5.26 Å². The quantitative estimate of drug-likeness (QED) is 0.814. The largest absolute Gasteiger partial charge is 0.416 e. The first-order valence-corrected chi connectivity index (χ1v) is 8.97. The fourth-order valence-electron chi connectivity index (χ4n) is 2.53. The van der Waals surface area contributed by atoms with E-state index in [1.165, 1.54) is 6.07 Å². The van der Waals surface area contributed by atoms with Gasteiger partial charge in [0.15, 0.2) is 0 Å². The summed E-state index contributed by atoms with van der Waals surface area (Å²) in [6.45, 7) is 0.645. The molecule has 25 heavy (non-hydrogen) atoms. The standard InChI is InChI=1S/C15H17F3N2O4S/c16-15(17,18)12-1-2-13(11(9-12)10-19)25(22,23)20-6-3-14(21)4-7-24-8-5-14/h1-2,9,20-21H,3-8H2. The Morgan fingerprint density at radius 3 is 2.52 bits per heavy atom. The molecule has 2 rings (SSSR count). The fourth-order valence-corrected chi connectivity index (χ4v) is 3.69. The van der Waals surface area contributed by atoms with E-state index in [2.05, 4.69) is 4.72 Å². The van der Waals surface area contributed by atoms with E-state index in [0.717, 1.165) is 6.07 Å². The molecule has 1 aromatic carbocycles. The first-order valence-electron chi connectivity index (χ1n) is 7.49. The van der Waals surface area contributed by atoms with Crippen LogP contribution in [0.1, 0.15) is 30.4 Å². The molecule has 0 aliphatic carbocycles. The van der Waals surface area contributed by atoms with E-state index in [1.807, 2.05) is 0 Å².